The summed E-state index contributed by atoms with van der Waals surface area (Å²) >= 11 is 0. The van der Waals surface area contributed by atoms with Gasteiger partial charge in [-0.15, -0.1) is 0 Å². The van der Waals surface area contributed by atoms with Crippen LogP contribution in [0.1, 0.15) is 16.7 Å². The Hall–Kier alpha value is -1.42. The van der Waals surface area contributed by atoms with Crippen LogP contribution in [-0.2, 0) is 24.3 Å². The zero-order chi connectivity index (χ0) is 9.97. The van der Waals surface area contributed by atoms with Gasteiger partial charge in [-0.25, -0.2) is 0 Å². The molecule has 0 aliphatic carbocycles. The number of nitrogens with zero attached hydrogens (tertiary/aromatic N) is 1. The van der Waals surface area contributed by atoms with E-state index in [0.29, 0.717) is 6.61 Å². The van der Waals surface area contributed by atoms with Gasteiger partial charge < -0.3 is 4.74 Å². The molecule has 1 aliphatic rings. The molecule has 14 heavy (non-hydrogen) atoms. The van der Waals surface area contributed by atoms with Gasteiger partial charge in [-0.3, -0.25) is 10.1 Å². The third-order valence-electron chi connectivity index (χ3n) is 2.36. The highest BCUT2D eigenvalue weighted by Gasteiger charge is 2.11. The maximum absolute atomic E-state index is 10.3. The summed E-state index contributed by atoms with van der Waals surface area (Å²) in [5.74, 6) is 0. The molecular weight excluding hydrogens is 182 g/mol. The summed E-state index contributed by atoms with van der Waals surface area (Å²) in [4.78, 5) is 10.0. The van der Waals surface area contributed by atoms with Crippen LogP contribution in [0.4, 0.5) is 0 Å². The first kappa shape index (κ1) is 9.15. The summed E-state index contributed by atoms with van der Waals surface area (Å²) in [7, 11) is 0. The fourth-order valence-electron chi connectivity index (χ4n) is 1.66. The van der Waals surface area contributed by atoms with E-state index in [4.69, 9.17) is 4.74 Å². The molecule has 0 fully saturated rings. The summed E-state index contributed by atoms with van der Waals surface area (Å²) in [6.45, 7) is 1.26. The summed E-state index contributed by atoms with van der Waals surface area (Å²) in [6, 6.07) is 5.64. The van der Waals surface area contributed by atoms with E-state index in [-0.39, 0.29) is 11.5 Å². The van der Waals surface area contributed by atoms with Gasteiger partial charge in [0, 0.05) is 10.5 Å². The van der Waals surface area contributed by atoms with Crippen molar-refractivity contribution in [3.8, 4) is 0 Å². The molecule has 0 spiro atoms. The average molecular weight is 193 g/mol. The fourth-order valence-corrected chi connectivity index (χ4v) is 1.66. The van der Waals surface area contributed by atoms with Crippen molar-refractivity contribution in [2.24, 2.45) is 0 Å². The Bertz CT molecular complexity index is 362. The quantitative estimate of drug-likeness (QED) is 0.528. The maximum Gasteiger partial charge on any atom is 0.228 e. The number of rotatable bonds is 2. The molecule has 1 aliphatic heterocycles. The lowest BCUT2D eigenvalue weighted by Crippen LogP contribution is -2.10. The molecule has 0 saturated heterocycles. The third kappa shape index (κ3) is 1.90. The van der Waals surface area contributed by atoms with E-state index in [1.807, 2.05) is 12.1 Å². The first-order chi connectivity index (χ1) is 6.75. The molecule has 0 N–H and O–H groups in total. The molecule has 0 amide bonds. The van der Waals surface area contributed by atoms with Crippen LogP contribution in [0.2, 0.25) is 0 Å². The van der Waals surface area contributed by atoms with Crippen LogP contribution in [0, 0.1) is 10.1 Å². The van der Waals surface area contributed by atoms with Crippen molar-refractivity contribution in [2.75, 3.05) is 6.61 Å². The maximum atomic E-state index is 10.3. The van der Waals surface area contributed by atoms with Gasteiger partial charge in [-0.2, -0.15) is 0 Å². The lowest BCUT2D eigenvalue weighted by molar-refractivity contribution is -0.496. The molecule has 74 valence electrons. The van der Waals surface area contributed by atoms with E-state index in [0.717, 1.165) is 24.2 Å². The first-order valence-electron chi connectivity index (χ1n) is 4.56. The van der Waals surface area contributed by atoms with Gasteiger partial charge in [0.2, 0.25) is 6.54 Å². The van der Waals surface area contributed by atoms with E-state index in [9.17, 15) is 10.1 Å². The van der Waals surface area contributed by atoms with Gasteiger partial charge in [0.1, 0.15) is 0 Å². The average Bonchev–Trinajstić information content (AvgIpc) is 2.17. The fraction of sp³-hybridized carbons (Fsp3) is 0.400. The number of hydrogen-bond donors (Lipinski definition) is 0. The second-order valence-corrected chi connectivity index (χ2v) is 3.40. The van der Waals surface area contributed by atoms with Gasteiger partial charge >= 0.3 is 0 Å². The van der Waals surface area contributed by atoms with Crippen LogP contribution < -0.4 is 0 Å². The molecule has 0 aromatic heterocycles. The van der Waals surface area contributed by atoms with Gasteiger partial charge in [0.05, 0.1) is 13.2 Å². The topological polar surface area (TPSA) is 52.4 Å². The van der Waals surface area contributed by atoms with Crippen LogP contribution in [0.25, 0.3) is 0 Å². The van der Waals surface area contributed by atoms with Crippen molar-refractivity contribution < 1.29 is 9.66 Å². The molecule has 1 aromatic carbocycles. The highest BCUT2D eigenvalue weighted by atomic mass is 16.6. The van der Waals surface area contributed by atoms with Crippen LogP contribution in [0.15, 0.2) is 18.2 Å². The predicted molar refractivity (Wildman–Crippen MR) is 50.5 cm³/mol. The second kappa shape index (κ2) is 3.75. The minimum Gasteiger partial charge on any atom is -0.376 e. The van der Waals surface area contributed by atoms with Crippen LogP contribution >= 0.6 is 0 Å². The van der Waals surface area contributed by atoms with Gasteiger partial charge in [-0.05, 0) is 23.6 Å². The normalized spacial score (nSPS) is 14.9. The smallest absolute Gasteiger partial charge is 0.228 e. The van der Waals surface area contributed by atoms with Gasteiger partial charge in [-0.1, -0.05) is 12.1 Å². The largest absolute Gasteiger partial charge is 0.376 e. The zero-order valence-corrected chi connectivity index (χ0v) is 7.73. The Balaban J connectivity index is 2.24. The molecule has 0 atom stereocenters. The molecule has 2 rings (SSSR count). The second-order valence-electron chi connectivity index (χ2n) is 3.40. The molecule has 0 radical (unpaired) electrons. The minimum absolute atomic E-state index is 0.0891. The van der Waals surface area contributed by atoms with Crippen molar-refractivity contribution in [2.45, 2.75) is 19.6 Å². The molecule has 4 nitrogen and oxygen atoms in total. The Morgan fingerprint density at radius 2 is 2.29 bits per heavy atom. The lowest BCUT2D eigenvalue weighted by atomic mass is 10.0. The number of fused-ring (bicyclic) bond motifs is 1. The highest BCUT2D eigenvalue weighted by Crippen LogP contribution is 2.18. The van der Waals surface area contributed by atoms with Gasteiger partial charge in [0.25, 0.3) is 0 Å². The van der Waals surface area contributed by atoms with Crippen molar-refractivity contribution in [1.29, 1.82) is 0 Å². The predicted octanol–water partition coefficient (Wildman–Crippen LogP) is 1.54. The molecule has 4 heteroatoms. The SMILES string of the molecule is O=[N+]([O-])Cc1ccc2c(c1)CCOC2. The number of hydrogen-bond acceptors (Lipinski definition) is 3. The number of ether oxygens (including phenoxy) is 1. The van der Waals surface area contributed by atoms with Gasteiger partial charge in [0.15, 0.2) is 0 Å². The van der Waals surface area contributed by atoms with Crippen LogP contribution in [0.5, 0.6) is 0 Å². The highest BCUT2D eigenvalue weighted by molar-refractivity contribution is 5.32. The number of benzene rings is 1. The molecule has 0 bridgehead atoms. The van der Waals surface area contributed by atoms with Crippen molar-refractivity contribution in [3.05, 3.63) is 45.0 Å². The summed E-state index contributed by atoms with van der Waals surface area (Å²) in [6.07, 6.45) is 0.862. The molecule has 0 unspecified atom stereocenters. The summed E-state index contributed by atoms with van der Waals surface area (Å²) in [5.41, 5.74) is 3.12. The van der Waals surface area contributed by atoms with E-state index < -0.39 is 0 Å². The summed E-state index contributed by atoms with van der Waals surface area (Å²) < 4.78 is 5.28. The monoisotopic (exact) mass is 193 g/mol. The van der Waals surface area contributed by atoms with Crippen molar-refractivity contribution in [3.63, 3.8) is 0 Å². The Kier molecular flexibility index (Phi) is 2.45. The standard InChI is InChI=1S/C10H11NO3/c12-11(13)6-8-1-2-10-7-14-4-3-9(10)5-8/h1-2,5H,3-4,6-7H2. The Labute approximate surface area is 81.7 Å². The van der Waals surface area contributed by atoms with E-state index in [1.54, 1.807) is 6.07 Å². The molecule has 1 aromatic rings. The summed E-state index contributed by atoms with van der Waals surface area (Å²) in [5, 5.41) is 10.3. The molecule has 0 saturated carbocycles. The van der Waals surface area contributed by atoms with E-state index >= 15 is 0 Å². The van der Waals surface area contributed by atoms with Crippen LogP contribution in [0.3, 0.4) is 0 Å². The minimum atomic E-state index is -0.305. The Morgan fingerprint density at radius 1 is 1.43 bits per heavy atom. The van der Waals surface area contributed by atoms with E-state index in [2.05, 4.69) is 0 Å². The third-order valence-corrected chi connectivity index (χ3v) is 2.36. The Morgan fingerprint density at radius 3 is 3.07 bits per heavy atom. The van der Waals surface area contributed by atoms with Crippen molar-refractivity contribution in [1.82, 2.24) is 0 Å². The molecule has 1 heterocycles. The molecular formula is C10H11NO3. The van der Waals surface area contributed by atoms with Crippen LogP contribution in [-0.4, -0.2) is 11.5 Å². The first-order valence-corrected chi connectivity index (χ1v) is 4.56. The zero-order valence-electron chi connectivity index (χ0n) is 7.73. The van der Waals surface area contributed by atoms with E-state index in [1.165, 1.54) is 5.56 Å². The number of nitro groups is 1. The van der Waals surface area contributed by atoms with Crippen molar-refractivity contribution >= 4 is 0 Å². The lowest BCUT2D eigenvalue weighted by Gasteiger charge is -2.16.